The Morgan fingerprint density at radius 1 is 1.47 bits per heavy atom. The van der Waals surface area contributed by atoms with Crippen molar-refractivity contribution in [2.45, 2.75) is 38.3 Å². The highest BCUT2D eigenvalue weighted by atomic mass is 16.5. The van der Waals surface area contributed by atoms with Crippen LogP contribution in [0.4, 0.5) is 0 Å². The second-order valence-electron chi connectivity index (χ2n) is 4.24. The molecular formula is C11H20N2O4. The van der Waals surface area contributed by atoms with E-state index in [1.54, 1.807) is 4.90 Å². The minimum atomic E-state index is -0.962. The van der Waals surface area contributed by atoms with Gasteiger partial charge in [0.25, 0.3) is 0 Å². The van der Waals surface area contributed by atoms with Gasteiger partial charge in [-0.25, -0.2) is 4.79 Å². The van der Waals surface area contributed by atoms with Crippen molar-refractivity contribution < 1.29 is 19.4 Å². The number of likely N-dealkylation sites (tertiary alicyclic amines) is 1. The molecule has 1 fully saturated rings. The van der Waals surface area contributed by atoms with E-state index in [0.717, 1.165) is 0 Å². The summed E-state index contributed by atoms with van der Waals surface area (Å²) in [5, 5.41) is 8.48. The molecule has 0 bridgehead atoms. The molecule has 1 amide bonds. The third kappa shape index (κ3) is 4.32. The van der Waals surface area contributed by atoms with Crippen LogP contribution in [0.1, 0.15) is 26.2 Å². The summed E-state index contributed by atoms with van der Waals surface area (Å²) >= 11 is 0. The van der Waals surface area contributed by atoms with E-state index in [4.69, 9.17) is 15.6 Å². The molecule has 98 valence electrons. The van der Waals surface area contributed by atoms with E-state index in [1.165, 1.54) is 0 Å². The highest BCUT2D eigenvalue weighted by molar-refractivity contribution is 5.81. The van der Waals surface area contributed by atoms with Gasteiger partial charge in [-0.3, -0.25) is 4.79 Å². The van der Waals surface area contributed by atoms with Crippen LogP contribution in [-0.2, 0) is 14.3 Å². The van der Waals surface area contributed by atoms with E-state index in [-0.39, 0.29) is 18.6 Å². The zero-order valence-electron chi connectivity index (χ0n) is 10.1. The lowest BCUT2D eigenvalue weighted by atomic mass is 10.1. The molecular weight excluding hydrogens is 224 g/mol. The number of carbonyl (C=O) groups is 2. The number of carboxylic acid groups (broad SMARTS) is 1. The normalized spacial score (nSPS) is 19.1. The largest absolute Gasteiger partial charge is 0.480 e. The number of nitrogens with zero attached hydrogens (tertiary/aromatic N) is 1. The summed E-state index contributed by atoms with van der Waals surface area (Å²) in [5.74, 6) is -0.985. The SMILES string of the molecule is CCC(N)C(=O)N1CCC(OCC(=O)O)CC1. The summed E-state index contributed by atoms with van der Waals surface area (Å²) in [6, 6.07) is -0.425. The Balaban J connectivity index is 2.30. The molecule has 6 nitrogen and oxygen atoms in total. The van der Waals surface area contributed by atoms with Crippen LogP contribution in [0.5, 0.6) is 0 Å². The number of aliphatic carboxylic acids is 1. The molecule has 0 aromatic rings. The molecule has 1 heterocycles. The fourth-order valence-electron chi connectivity index (χ4n) is 1.84. The van der Waals surface area contributed by atoms with Gasteiger partial charge in [-0.1, -0.05) is 6.92 Å². The maximum atomic E-state index is 11.8. The minimum absolute atomic E-state index is 0.0239. The van der Waals surface area contributed by atoms with Crippen molar-refractivity contribution in [1.29, 1.82) is 0 Å². The van der Waals surface area contributed by atoms with E-state index in [9.17, 15) is 9.59 Å². The Bertz CT molecular complexity index is 275. The fraction of sp³-hybridized carbons (Fsp3) is 0.818. The lowest BCUT2D eigenvalue weighted by Crippen LogP contribution is -2.48. The van der Waals surface area contributed by atoms with Crippen LogP contribution < -0.4 is 5.73 Å². The molecule has 3 N–H and O–H groups in total. The average molecular weight is 244 g/mol. The lowest BCUT2D eigenvalue weighted by molar-refractivity contribution is -0.147. The number of amides is 1. The summed E-state index contributed by atoms with van der Waals surface area (Å²) in [4.78, 5) is 23.8. The van der Waals surface area contributed by atoms with Gasteiger partial charge < -0.3 is 20.5 Å². The van der Waals surface area contributed by atoms with E-state index in [0.29, 0.717) is 32.4 Å². The smallest absolute Gasteiger partial charge is 0.329 e. The fourth-order valence-corrected chi connectivity index (χ4v) is 1.84. The van der Waals surface area contributed by atoms with Crippen LogP contribution in [-0.4, -0.2) is 53.7 Å². The minimum Gasteiger partial charge on any atom is -0.480 e. The molecule has 0 radical (unpaired) electrons. The highest BCUT2D eigenvalue weighted by Gasteiger charge is 2.26. The Hall–Kier alpha value is -1.14. The first-order valence-corrected chi connectivity index (χ1v) is 5.92. The zero-order valence-corrected chi connectivity index (χ0v) is 10.1. The van der Waals surface area contributed by atoms with E-state index in [1.807, 2.05) is 6.92 Å². The van der Waals surface area contributed by atoms with Crippen molar-refractivity contribution in [3.05, 3.63) is 0 Å². The maximum Gasteiger partial charge on any atom is 0.329 e. The number of nitrogens with two attached hydrogens (primary N) is 1. The molecule has 1 aliphatic heterocycles. The van der Waals surface area contributed by atoms with Crippen LogP contribution in [0.25, 0.3) is 0 Å². The second kappa shape index (κ2) is 6.56. The van der Waals surface area contributed by atoms with Crippen LogP contribution >= 0.6 is 0 Å². The summed E-state index contributed by atoms with van der Waals surface area (Å²) in [7, 11) is 0. The van der Waals surface area contributed by atoms with Gasteiger partial charge in [-0.05, 0) is 19.3 Å². The number of carbonyl (C=O) groups excluding carboxylic acids is 1. The van der Waals surface area contributed by atoms with Gasteiger partial charge in [0.05, 0.1) is 12.1 Å². The number of hydrogen-bond acceptors (Lipinski definition) is 4. The first kappa shape index (κ1) is 13.9. The van der Waals surface area contributed by atoms with Gasteiger partial charge in [0.2, 0.25) is 5.91 Å². The third-order valence-electron chi connectivity index (χ3n) is 2.95. The summed E-state index contributed by atoms with van der Waals surface area (Å²) < 4.78 is 5.19. The summed E-state index contributed by atoms with van der Waals surface area (Å²) in [5.41, 5.74) is 5.68. The third-order valence-corrected chi connectivity index (χ3v) is 2.95. The van der Waals surface area contributed by atoms with Crippen molar-refractivity contribution in [3.8, 4) is 0 Å². The average Bonchev–Trinajstić information content (AvgIpc) is 2.35. The van der Waals surface area contributed by atoms with Crippen molar-refractivity contribution >= 4 is 11.9 Å². The van der Waals surface area contributed by atoms with Crippen molar-refractivity contribution in [2.24, 2.45) is 5.73 Å². The van der Waals surface area contributed by atoms with Gasteiger partial charge in [0.15, 0.2) is 0 Å². The topological polar surface area (TPSA) is 92.9 Å². The summed E-state index contributed by atoms with van der Waals surface area (Å²) in [6.07, 6.45) is 1.92. The molecule has 0 saturated carbocycles. The van der Waals surface area contributed by atoms with Crippen LogP contribution in [0.2, 0.25) is 0 Å². The molecule has 1 unspecified atom stereocenters. The molecule has 1 saturated heterocycles. The first-order valence-electron chi connectivity index (χ1n) is 5.92. The molecule has 1 aliphatic rings. The van der Waals surface area contributed by atoms with Crippen molar-refractivity contribution in [2.75, 3.05) is 19.7 Å². The van der Waals surface area contributed by atoms with E-state index in [2.05, 4.69) is 0 Å². The molecule has 0 aromatic heterocycles. The Morgan fingerprint density at radius 3 is 2.53 bits per heavy atom. The number of hydrogen-bond donors (Lipinski definition) is 2. The Labute approximate surface area is 101 Å². The predicted molar refractivity (Wildman–Crippen MR) is 61.5 cm³/mol. The molecule has 0 aliphatic carbocycles. The monoisotopic (exact) mass is 244 g/mol. The molecule has 0 spiro atoms. The van der Waals surface area contributed by atoms with Crippen LogP contribution in [0.15, 0.2) is 0 Å². The van der Waals surface area contributed by atoms with Gasteiger partial charge in [-0.15, -0.1) is 0 Å². The second-order valence-corrected chi connectivity index (χ2v) is 4.24. The van der Waals surface area contributed by atoms with Crippen molar-refractivity contribution in [1.82, 2.24) is 4.90 Å². The first-order chi connectivity index (χ1) is 8.04. The quantitative estimate of drug-likeness (QED) is 0.699. The predicted octanol–water partition coefficient (Wildman–Crippen LogP) is -0.184. The van der Waals surface area contributed by atoms with Crippen LogP contribution in [0, 0.1) is 0 Å². The maximum absolute atomic E-state index is 11.8. The van der Waals surface area contributed by atoms with Crippen LogP contribution in [0.3, 0.4) is 0 Å². The number of rotatable bonds is 5. The van der Waals surface area contributed by atoms with Crippen molar-refractivity contribution in [3.63, 3.8) is 0 Å². The highest BCUT2D eigenvalue weighted by Crippen LogP contribution is 2.14. The van der Waals surface area contributed by atoms with E-state index >= 15 is 0 Å². The standard InChI is InChI=1S/C11H20N2O4/c1-2-9(12)11(16)13-5-3-8(4-6-13)17-7-10(14)15/h8-9H,2-7,12H2,1H3,(H,14,15). The number of carboxylic acids is 1. The Morgan fingerprint density at radius 2 is 2.06 bits per heavy atom. The van der Waals surface area contributed by atoms with Gasteiger partial charge in [-0.2, -0.15) is 0 Å². The Kier molecular flexibility index (Phi) is 5.37. The van der Waals surface area contributed by atoms with Gasteiger partial charge >= 0.3 is 5.97 Å². The lowest BCUT2D eigenvalue weighted by Gasteiger charge is -2.33. The van der Waals surface area contributed by atoms with Gasteiger partial charge in [0, 0.05) is 13.1 Å². The zero-order chi connectivity index (χ0) is 12.8. The molecule has 0 aromatic carbocycles. The molecule has 6 heteroatoms. The van der Waals surface area contributed by atoms with E-state index < -0.39 is 12.0 Å². The summed E-state index contributed by atoms with van der Waals surface area (Å²) in [6.45, 7) is 2.80. The van der Waals surface area contributed by atoms with Gasteiger partial charge in [0.1, 0.15) is 6.61 Å². The molecule has 1 atom stereocenters. The molecule has 1 rings (SSSR count). The number of ether oxygens (including phenoxy) is 1. The number of piperidine rings is 1. The molecule has 17 heavy (non-hydrogen) atoms.